The average Bonchev–Trinajstić information content (AvgIpc) is 2.38. The molecule has 0 fully saturated rings. The van der Waals surface area contributed by atoms with Crippen LogP contribution < -0.4 is 4.72 Å². The van der Waals surface area contributed by atoms with Crippen LogP contribution in [-0.2, 0) is 10.0 Å². The van der Waals surface area contributed by atoms with Crippen LogP contribution in [0.15, 0.2) is 53.4 Å². The van der Waals surface area contributed by atoms with Crippen molar-refractivity contribution in [2.75, 3.05) is 0 Å². The van der Waals surface area contributed by atoms with Gasteiger partial charge in [0, 0.05) is 11.1 Å². The summed E-state index contributed by atoms with van der Waals surface area (Å²) in [6.45, 7) is 1.69. The summed E-state index contributed by atoms with van der Waals surface area (Å²) in [7, 11) is -3.81. The second kappa shape index (κ2) is 5.83. The van der Waals surface area contributed by atoms with E-state index in [-0.39, 0.29) is 10.6 Å². The number of benzene rings is 2. The molecule has 0 amide bonds. The van der Waals surface area contributed by atoms with E-state index in [1.165, 1.54) is 12.1 Å². The maximum atomic E-state index is 12.2. The molecule has 2 aromatic carbocycles. The number of hydrogen-bond acceptors (Lipinski definition) is 3. The van der Waals surface area contributed by atoms with E-state index < -0.39 is 16.1 Å². The van der Waals surface area contributed by atoms with Crippen molar-refractivity contribution in [1.82, 2.24) is 4.72 Å². The van der Waals surface area contributed by atoms with E-state index in [9.17, 15) is 13.5 Å². The molecule has 0 aliphatic rings. The van der Waals surface area contributed by atoms with Crippen LogP contribution in [0.2, 0.25) is 5.02 Å². The highest BCUT2D eigenvalue weighted by atomic mass is 35.5. The first kappa shape index (κ1) is 14.8. The highest BCUT2D eigenvalue weighted by molar-refractivity contribution is 7.89. The van der Waals surface area contributed by atoms with E-state index in [1.54, 1.807) is 43.3 Å². The number of rotatable bonds is 4. The maximum Gasteiger partial charge on any atom is 0.244 e. The van der Waals surface area contributed by atoms with Gasteiger partial charge >= 0.3 is 0 Å². The monoisotopic (exact) mass is 311 g/mol. The van der Waals surface area contributed by atoms with Crippen molar-refractivity contribution in [2.45, 2.75) is 17.9 Å². The number of aromatic hydroxyl groups is 1. The number of phenolic OH excluding ortho intramolecular Hbond substituents is 1. The zero-order valence-electron chi connectivity index (χ0n) is 10.7. The minimum atomic E-state index is -3.81. The number of phenols is 1. The van der Waals surface area contributed by atoms with E-state index in [1.807, 2.05) is 0 Å². The van der Waals surface area contributed by atoms with Crippen molar-refractivity contribution in [3.05, 3.63) is 59.1 Å². The first-order valence-corrected chi connectivity index (χ1v) is 7.82. The third-order valence-corrected chi connectivity index (χ3v) is 4.79. The number of para-hydroxylation sites is 1. The first-order chi connectivity index (χ1) is 9.42. The second-order valence-electron chi connectivity index (χ2n) is 4.33. The van der Waals surface area contributed by atoms with Crippen LogP contribution in [-0.4, -0.2) is 13.5 Å². The van der Waals surface area contributed by atoms with E-state index in [4.69, 9.17) is 11.6 Å². The zero-order chi connectivity index (χ0) is 14.8. The van der Waals surface area contributed by atoms with Crippen molar-refractivity contribution >= 4 is 21.6 Å². The van der Waals surface area contributed by atoms with E-state index in [2.05, 4.69) is 4.72 Å². The summed E-state index contributed by atoms with van der Waals surface area (Å²) in [5.41, 5.74) is 0.674. The Morgan fingerprint density at radius 2 is 1.70 bits per heavy atom. The average molecular weight is 312 g/mol. The van der Waals surface area contributed by atoms with Gasteiger partial charge in [0.1, 0.15) is 10.6 Å². The Morgan fingerprint density at radius 3 is 2.35 bits per heavy atom. The molecule has 2 aromatic rings. The molecule has 106 valence electrons. The van der Waals surface area contributed by atoms with Gasteiger partial charge in [0.25, 0.3) is 0 Å². The molecule has 2 rings (SSSR count). The molecule has 0 radical (unpaired) electrons. The fraction of sp³-hybridized carbons (Fsp3) is 0.143. The van der Waals surface area contributed by atoms with Crippen LogP contribution in [0.25, 0.3) is 0 Å². The van der Waals surface area contributed by atoms with Crippen LogP contribution in [0.1, 0.15) is 18.5 Å². The molecule has 1 unspecified atom stereocenters. The lowest BCUT2D eigenvalue weighted by atomic mass is 10.1. The third kappa shape index (κ3) is 3.12. The van der Waals surface area contributed by atoms with Crippen LogP contribution in [0, 0.1) is 0 Å². The topological polar surface area (TPSA) is 66.4 Å². The van der Waals surface area contributed by atoms with Crippen molar-refractivity contribution in [3.8, 4) is 5.75 Å². The summed E-state index contributed by atoms with van der Waals surface area (Å²) >= 11 is 6.04. The van der Waals surface area contributed by atoms with Crippen LogP contribution in [0.3, 0.4) is 0 Å². The summed E-state index contributed by atoms with van der Waals surface area (Å²) in [5, 5.41) is 10.1. The molecule has 20 heavy (non-hydrogen) atoms. The first-order valence-electron chi connectivity index (χ1n) is 5.96. The normalized spacial score (nSPS) is 13.1. The molecule has 0 aliphatic carbocycles. The predicted molar refractivity (Wildman–Crippen MR) is 78.3 cm³/mol. The van der Waals surface area contributed by atoms with Gasteiger partial charge in [-0.05, 0) is 30.7 Å². The Morgan fingerprint density at radius 1 is 1.10 bits per heavy atom. The molecular weight excluding hydrogens is 298 g/mol. The number of hydrogen-bond donors (Lipinski definition) is 2. The second-order valence-corrected chi connectivity index (χ2v) is 6.42. The van der Waals surface area contributed by atoms with Gasteiger partial charge in [0.2, 0.25) is 10.0 Å². The molecule has 0 saturated heterocycles. The Bertz CT molecular complexity index is 716. The van der Waals surface area contributed by atoms with Gasteiger partial charge < -0.3 is 5.11 Å². The quantitative estimate of drug-likeness (QED) is 0.912. The summed E-state index contributed by atoms with van der Waals surface area (Å²) in [6, 6.07) is 12.3. The minimum Gasteiger partial charge on any atom is -0.507 e. The maximum absolute atomic E-state index is 12.2. The van der Waals surface area contributed by atoms with Gasteiger partial charge in [-0.25, -0.2) is 13.1 Å². The van der Waals surface area contributed by atoms with Crippen LogP contribution in [0.4, 0.5) is 0 Å². The fourth-order valence-electron chi connectivity index (χ4n) is 1.87. The zero-order valence-corrected chi connectivity index (χ0v) is 12.3. The number of sulfonamides is 1. The Balaban J connectivity index is 2.30. The summed E-state index contributed by atoms with van der Waals surface area (Å²) in [4.78, 5) is -0.154. The summed E-state index contributed by atoms with van der Waals surface area (Å²) < 4.78 is 27.0. The van der Waals surface area contributed by atoms with Crippen molar-refractivity contribution in [2.24, 2.45) is 0 Å². The van der Waals surface area contributed by atoms with Gasteiger partial charge in [0.05, 0.1) is 0 Å². The molecule has 0 aromatic heterocycles. The molecule has 1 atom stereocenters. The van der Waals surface area contributed by atoms with Crippen molar-refractivity contribution in [3.63, 3.8) is 0 Å². The molecule has 2 N–H and O–H groups in total. The lowest BCUT2D eigenvalue weighted by Crippen LogP contribution is -2.27. The summed E-state index contributed by atoms with van der Waals surface area (Å²) in [5.74, 6) is -0.286. The minimum absolute atomic E-state index is 0.154. The predicted octanol–water partition coefficient (Wildman–Crippen LogP) is 3.09. The highest BCUT2D eigenvalue weighted by Crippen LogP contribution is 2.26. The molecule has 0 aliphatic heterocycles. The largest absolute Gasteiger partial charge is 0.507 e. The molecule has 6 heteroatoms. The van der Waals surface area contributed by atoms with Gasteiger partial charge in [-0.3, -0.25) is 0 Å². The highest BCUT2D eigenvalue weighted by Gasteiger charge is 2.22. The Labute approximate surface area is 123 Å². The van der Waals surface area contributed by atoms with Gasteiger partial charge in [-0.1, -0.05) is 41.9 Å². The molecule has 0 bridgehead atoms. The Kier molecular flexibility index (Phi) is 4.32. The smallest absolute Gasteiger partial charge is 0.244 e. The van der Waals surface area contributed by atoms with Gasteiger partial charge in [0.15, 0.2) is 0 Å². The third-order valence-electron chi connectivity index (χ3n) is 2.86. The summed E-state index contributed by atoms with van der Waals surface area (Å²) in [6.07, 6.45) is 0. The van der Waals surface area contributed by atoms with E-state index in [0.29, 0.717) is 10.6 Å². The lowest BCUT2D eigenvalue weighted by molar-refractivity contribution is 0.457. The van der Waals surface area contributed by atoms with Crippen LogP contribution in [0.5, 0.6) is 5.75 Å². The standard InChI is InChI=1S/C14H14ClNO3S/c1-10(11-6-2-3-7-12(11)15)16-20(18,19)14-9-5-4-8-13(14)17/h2-10,16-17H,1H3. The van der Waals surface area contributed by atoms with Crippen molar-refractivity contribution in [1.29, 1.82) is 0 Å². The van der Waals surface area contributed by atoms with E-state index in [0.717, 1.165) is 0 Å². The molecule has 0 saturated carbocycles. The molecule has 0 heterocycles. The number of nitrogens with one attached hydrogen (secondary N) is 1. The molecular formula is C14H14ClNO3S. The number of halogens is 1. The fourth-order valence-corrected chi connectivity index (χ4v) is 3.49. The van der Waals surface area contributed by atoms with Crippen molar-refractivity contribution < 1.29 is 13.5 Å². The SMILES string of the molecule is CC(NS(=O)(=O)c1ccccc1O)c1ccccc1Cl. The molecule has 4 nitrogen and oxygen atoms in total. The van der Waals surface area contributed by atoms with Crippen LogP contribution >= 0.6 is 11.6 Å². The Hall–Kier alpha value is -1.56. The molecule has 0 spiro atoms. The van der Waals surface area contributed by atoms with Gasteiger partial charge in [-0.15, -0.1) is 0 Å². The van der Waals surface area contributed by atoms with E-state index >= 15 is 0 Å². The lowest BCUT2D eigenvalue weighted by Gasteiger charge is -2.16. The van der Waals surface area contributed by atoms with Gasteiger partial charge in [-0.2, -0.15) is 0 Å².